The number of fused-ring (bicyclic) bond motifs is 1. The summed E-state index contributed by atoms with van der Waals surface area (Å²) < 4.78 is 9.35. The molecular weight excluding hydrogens is 296 g/mol. The Bertz CT molecular complexity index is 994. The Morgan fingerprint density at radius 3 is 2.83 bits per heavy atom. The second-order valence-corrected chi connectivity index (χ2v) is 5.78. The lowest BCUT2D eigenvalue weighted by molar-refractivity contribution is 0.414. The highest BCUT2D eigenvalue weighted by Gasteiger charge is 2.24. The van der Waals surface area contributed by atoms with Gasteiger partial charge in [-0.15, -0.1) is 5.10 Å². The summed E-state index contributed by atoms with van der Waals surface area (Å²) in [5.74, 6) is 1.17. The van der Waals surface area contributed by atoms with Crippen molar-refractivity contribution in [2.24, 2.45) is 5.92 Å². The fourth-order valence-electron chi connectivity index (χ4n) is 2.64. The number of ether oxygens (including phenoxy) is 1. The Morgan fingerprint density at radius 2 is 2.09 bits per heavy atom. The van der Waals surface area contributed by atoms with Crippen molar-refractivity contribution in [1.82, 2.24) is 18.7 Å². The van der Waals surface area contributed by atoms with Crippen LogP contribution in [0.3, 0.4) is 0 Å². The van der Waals surface area contributed by atoms with E-state index in [1.165, 1.54) is 13.6 Å². The van der Waals surface area contributed by atoms with E-state index in [2.05, 4.69) is 5.10 Å². The first kappa shape index (κ1) is 13.8. The van der Waals surface area contributed by atoms with Gasteiger partial charge in [-0.1, -0.05) is 6.07 Å². The Kier molecular flexibility index (Phi) is 3.07. The molecule has 0 amide bonds. The molecule has 4 rings (SSSR count). The van der Waals surface area contributed by atoms with E-state index in [4.69, 9.17) is 4.74 Å². The van der Waals surface area contributed by atoms with Gasteiger partial charge in [-0.2, -0.15) is 0 Å². The van der Waals surface area contributed by atoms with Crippen LogP contribution in [0.2, 0.25) is 0 Å². The molecule has 1 saturated carbocycles. The summed E-state index contributed by atoms with van der Waals surface area (Å²) in [7, 11) is 1.57. The second kappa shape index (κ2) is 5.12. The van der Waals surface area contributed by atoms with E-state index in [1.807, 2.05) is 12.1 Å². The van der Waals surface area contributed by atoms with E-state index in [1.54, 1.807) is 31.6 Å². The first-order valence-corrected chi connectivity index (χ1v) is 7.52. The molecule has 0 unspecified atom stereocenters. The minimum atomic E-state index is -0.326. The molecule has 0 spiro atoms. The van der Waals surface area contributed by atoms with Gasteiger partial charge in [-0.25, -0.2) is 13.9 Å². The largest absolute Gasteiger partial charge is 0.497 e. The number of aromatic nitrogens is 4. The van der Waals surface area contributed by atoms with Crippen molar-refractivity contribution in [2.45, 2.75) is 19.4 Å². The molecule has 2 heterocycles. The summed E-state index contributed by atoms with van der Waals surface area (Å²) >= 11 is 0. The van der Waals surface area contributed by atoms with Crippen molar-refractivity contribution in [3.63, 3.8) is 0 Å². The van der Waals surface area contributed by atoms with Gasteiger partial charge in [0.15, 0.2) is 0 Å². The first-order chi connectivity index (χ1) is 11.2. The minimum absolute atomic E-state index is 0.140. The van der Waals surface area contributed by atoms with Crippen LogP contribution in [0.5, 0.6) is 5.75 Å². The Labute approximate surface area is 131 Å². The molecule has 7 nitrogen and oxygen atoms in total. The Balaban J connectivity index is 1.87. The number of rotatable bonds is 4. The number of methoxy groups -OCH3 is 1. The van der Waals surface area contributed by atoms with Gasteiger partial charge in [0.2, 0.25) is 5.65 Å². The van der Waals surface area contributed by atoms with Crippen LogP contribution in [0.1, 0.15) is 12.8 Å². The quantitative estimate of drug-likeness (QED) is 0.722. The topological polar surface area (TPSA) is 70.5 Å². The standard InChI is InChI=1S/C16H16N4O3/c1-23-13-4-2-3-12(9-13)18-7-8-19-14(15(18)21)17-20(16(19)22)10-11-5-6-11/h2-4,7-9,11H,5-6,10H2,1H3. The van der Waals surface area contributed by atoms with Crippen LogP contribution in [0, 0.1) is 5.92 Å². The molecule has 0 atom stereocenters. The smallest absolute Gasteiger partial charge is 0.350 e. The van der Waals surface area contributed by atoms with Crippen LogP contribution in [-0.4, -0.2) is 25.9 Å². The summed E-state index contributed by atoms with van der Waals surface area (Å²) in [5.41, 5.74) is 0.219. The van der Waals surface area contributed by atoms with Gasteiger partial charge in [0, 0.05) is 25.0 Å². The predicted octanol–water partition coefficient (Wildman–Crippen LogP) is 1.07. The molecule has 3 aromatic rings. The van der Waals surface area contributed by atoms with Crippen LogP contribution in [-0.2, 0) is 6.54 Å². The van der Waals surface area contributed by atoms with E-state index in [0.717, 1.165) is 12.8 Å². The highest BCUT2D eigenvalue weighted by Crippen LogP contribution is 2.29. The van der Waals surface area contributed by atoms with Crippen molar-refractivity contribution < 1.29 is 4.74 Å². The van der Waals surface area contributed by atoms with E-state index in [0.29, 0.717) is 23.9 Å². The van der Waals surface area contributed by atoms with E-state index in [-0.39, 0.29) is 16.9 Å². The van der Waals surface area contributed by atoms with Crippen molar-refractivity contribution in [3.05, 3.63) is 57.5 Å². The molecule has 0 bridgehead atoms. The van der Waals surface area contributed by atoms with Gasteiger partial charge in [0.1, 0.15) is 5.75 Å². The fourth-order valence-corrected chi connectivity index (χ4v) is 2.64. The van der Waals surface area contributed by atoms with E-state index in [9.17, 15) is 9.59 Å². The van der Waals surface area contributed by atoms with E-state index < -0.39 is 0 Å². The van der Waals surface area contributed by atoms with Gasteiger partial charge in [0.25, 0.3) is 0 Å². The van der Waals surface area contributed by atoms with Gasteiger partial charge in [0.05, 0.1) is 12.8 Å². The van der Waals surface area contributed by atoms with Crippen LogP contribution >= 0.6 is 0 Å². The zero-order chi connectivity index (χ0) is 16.0. The van der Waals surface area contributed by atoms with Crippen molar-refractivity contribution >= 4 is 5.65 Å². The second-order valence-electron chi connectivity index (χ2n) is 5.78. The number of benzene rings is 1. The Morgan fingerprint density at radius 1 is 1.26 bits per heavy atom. The lowest BCUT2D eigenvalue weighted by Crippen LogP contribution is -2.24. The van der Waals surface area contributed by atoms with Crippen molar-refractivity contribution in [3.8, 4) is 11.4 Å². The van der Waals surface area contributed by atoms with Crippen LogP contribution in [0.25, 0.3) is 11.3 Å². The molecule has 23 heavy (non-hydrogen) atoms. The molecule has 1 aromatic carbocycles. The lowest BCUT2D eigenvalue weighted by atomic mass is 10.3. The average molecular weight is 312 g/mol. The van der Waals surface area contributed by atoms with Crippen LogP contribution in [0.15, 0.2) is 46.2 Å². The normalized spacial score (nSPS) is 14.3. The Hall–Kier alpha value is -2.83. The minimum Gasteiger partial charge on any atom is -0.497 e. The van der Waals surface area contributed by atoms with Crippen molar-refractivity contribution in [2.75, 3.05) is 7.11 Å². The maximum absolute atomic E-state index is 12.7. The molecule has 0 aliphatic heterocycles. The third kappa shape index (κ3) is 2.34. The summed E-state index contributed by atoms with van der Waals surface area (Å²) in [6.07, 6.45) is 5.40. The number of hydrogen-bond acceptors (Lipinski definition) is 4. The third-order valence-electron chi connectivity index (χ3n) is 4.10. The molecule has 0 saturated heterocycles. The average Bonchev–Trinajstić information content (AvgIpc) is 3.33. The third-order valence-corrected chi connectivity index (χ3v) is 4.10. The van der Waals surface area contributed by atoms with Gasteiger partial charge in [-0.3, -0.25) is 9.36 Å². The molecule has 7 heteroatoms. The SMILES string of the molecule is COc1cccc(-n2ccn3c(=O)n(CC4CC4)nc3c2=O)c1. The molecule has 2 aromatic heterocycles. The molecule has 1 aliphatic carbocycles. The van der Waals surface area contributed by atoms with Gasteiger partial charge in [-0.05, 0) is 30.9 Å². The maximum Gasteiger partial charge on any atom is 0.350 e. The monoisotopic (exact) mass is 312 g/mol. The predicted molar refractivity (Wildman–Crippen MR) is 84.3 cm³/mol. The summed E-state index contributed by atoms with van der Waals surface area (Å²) in [6.45, 7) is 0.582. The maximum atomic E-state index is 12.7. The zero-order valence-electron chi connectivity index (χ0n) is 12.7. The summed E-state index contributed by atoms with van der Waals surface area (Å²) in [5, 5.41) is 4.22. The van der Waals surface area contributed by atoms with Gasteiger partial charge < -0.3 is 4.74 Å². The summed E-state index contributed by atoms with van der Waals surface area (Å²) in [6, 6.07) is 7.18. The molecule has 118 valence electrons. The van der Waals surface area contributed by atoms with Crippen molar-refractivity contribution in [1.29, 1.82) is 0 Å². The molecule has 0 radical (unpaired) electrons. The molecule has 1 aliphatic rings. The van der Waals surface area contributed by atoms with Crippen LogP contribution in [0.4, 0.5) is 0 Å². The lowest BCUT2D eigenvalue weighted by Gasteiger charge is -2.07. The molecule has 1 fully saturated rings. The number of hydrogen-bond donors (Lipinski definition) is 0. The highest BCUT2D eigenvalue weighted by atomic mass is 16.5. The van der Waals surface area contributed by atoms with E-state index >= 15 is 0 Å². The summed E-state index contributed by atoms with van der Waals surface area (Å²) in [4.78, 5) is 25.0. The molecular formula is C16H16N4O3. The van der Waals surface area contributed by atoms with Crippen LogP contribution < -0.4 is 16.0 Å². The zero-order valence-corrected chi connectivity index (χ0v) is 12.7. The first-order valence-electron chi connectivity index (χ1n) is 7.52. The molecule has 0 N–H and O–H groups in total. The fraction of sp³-hybridized carbons (Fsp3) is 0.312. The highest BCUT2D eigenvalue weighted by molar-refractivity contribution is 5.43. The number of nitrogens with zero attached hydrogens (tertiary/aromatic N) is 4. The van der Waals surface area contributed by atoms with Gasteiger partial charge >= 0.3 is 11.2 Å².